The van der Waals surface area contributed by atoms with Gasteiger partial charge in [0.15, 0.2) is 33.1 Å². The van der Waals surface area contributed by atoms with Crippen LogP contribution in [0.15, 0.2) is 87.2 Å². The highest BCUT2D eigenvalue weighted by molar-refractivity contribution is 8.32. The van der Waals surface area contributed by atoms with E-state index >= 15 is 0 Å². The number of esters is 2. The Hall–Kier alpha value is -2.02. The Kier molecular flexibility index (Phi) is 11.1. The second-order valence-electron chi connectivity index (χ2n) is 10.7. The fraction of sp³-hybridized carbons (Fsp3) is 0.250. The average molecular weight is 809 g/mol. The van der Waals surface area contributed by atoms with Crippen molar-refractivity contribution < 1.29 is 33.3 Å². The predicted octanol–water partition coefficient (Wildman–Crippen LogP) is 9.46. The van der Waals surface area contributed by atoms with Crippen molar-refractivity contribution in [2.45, 2.75) is 55.4 Å². The van der Waals surface area contributed by atoms with E-state index in [1.165, 1.54) is 32.7 Å². The summed E-state index contributed by atoms with van der Waals surface area (Å²) in [6.07, 6.45) is 0. The normalized spacial score (nSPS) is 22.2. The third-order valence-corrected chi connectivity index (χ3v) is 15.1. The molecule has 0 unspecified atom stereocenters. The van der Waals surface area contributed by atoms with Gasteiger partial charge in [0, 0.05) is 36.3 Å². The minimum Gasteiger partial charge on any atom is -0.441 e. The van der Waals surface area contributed by atoms with Crippen molar-refractivity contribution in [3.8, 4) is 0 Å². The molecule has 0 N–H and O–H groups in total. The molecule has 0 saturated heterocycles. The van der Waals surface area contributed by atoms with Gasteiger partial charge in [-0.25, -0.2) is 9.59 Å². The molecule has 48 heavy (non-hydrogen) atoms. The maximum atomic E-state index is 11.3. The number of thioether (sulfide) groups is 4. The van der Waals surface area contributed by atoms with Gasteiger partial charge in [-0.3, -0.25) is 4.79 Å². The van der Waals surface area contributed by atoms with Crippen LogP contribution >= 0.6 is 108 Å². The SMILES string of the molecule is CC1=C2OC(=O)C(C)=C2OC1=O.CC1=C2OC(=S)C(C)=C2OC1=S.CC1=C2SC(=S)C(C)=C2SC1=O.CC1=C2SC(=S)C(C)=C2SC1=S. The van der Waals surface area contributed by atoms with Gasteiger partial charge in [0.05, 0.1) is 23.7 Å². The Morgan fingerprint density at radius 2 is 0.667 bits per heavy atom. The summed E-state index contributed by atoms with van der Waals surface area (Å²) in [5.74, 6) is 1.08. The number of hydrogen-bond acceptors (Lipinski definition) is 16. The Labute approximate surface area is 321 Å². The lowest BCUT2D eigenvalue weighted by Crippen LogP contribution is -2.01. The van der Waals surface area contributed by atoms with Crippen LogP contribution in [0.1, 0.15) is 55.4 Å². The Bertz CT molecular complexity index is 1600. The number of fused-ring (bicyclic) bond motifs is 4. The first-order chi connectivity index (χ1) is 22.4. The van der Waals surface area contributed by atoms with Crippen molar-refractivity contribution in [3.63, 3.8) is 0 Å². The van der Waals surface area contributed by atoms with Gasteiger partial charge in [0.1, 0.15) is 0 Å². The molecule has 0 spiro atoms. The second-order valence-corrected chi connectivity index (χ2v) is 17.5. The molecule has 0 fully saturated rings. The van der Waals surface area contributed by atoms with Crippen LogP contribution < -0.4 is 0 Å². The number of rotatable bonds is 0. The second kappa shape index (κ2) is 14.3. The molecule has 16 heteroatoms. The third kappa shape index (κ3) is 6.72. The van der Waals surface area contributed by atoms with E-state index in [1.54, 1.807) is 49.1 Å². The lowest BCUT2D eigenvalue weighted by molar-refractivity contribution is -0.133. The number of thiocarbonyl (C=S) groups is 5. The molecule has 0 aromatic carbocycles. The lowest BCUT2D eigenvalue weighted by Gasteiger charge is -1.97. The van der Waals surface area contributed by atoms with Gasteiger partial charge in [0.25, 0.3) is 0 Å². The number of carbonyl (C=O) groups is 3. The zero-order chi connectivity index (χ0) is 35.5. The van der Waals surface area contributed by atoms with Crippen LogP contribution in [0, 0.1) is 0 Å². The topological polar surface area (TPSA) is 88.1 Å². The first-order valence-electron chi connectivity index (χ1n) is 13.9. The fourth-order valence-electron chi connectivity index (χ4n) is 4.44. The molecular formula is C32H24O7S9. The summed E-state index contributed by atoms with van der Waals surface area (Å²) >= 11 is 31.7. The molecule has 0 aromatic heterocycles. The Morgan fingerprint density at radius 1 is 0.375 bits per heavy atom. The summed E-state index contributed by atoms with van der Waals surface area (Å²) < 4.78 is 23.1. The van der Waals surface area contributed by atoms with E-state index in [4.69, 9.17) is 80.0 Å². The van der Waals surface area contributed by atoms with E-state index in [-0.39, 0.29) is 16.6 Å². The van der Waals surface area contributed by atoms with Crippen LogP contribution in [0.4, 0.5) is 0 Å². The Balaban J connectivity index is 0.000000125. The molecule has 8 aliphatic heterocycles. The highest BCUT2D eigenvalue weighted by atomic mass is 32.2. The van der Waals surface area contributed by atoms with Gasteiger partial charge in [-0.15, -0.1) is 0 Å². The largest absolute Gasteiger partial charge is 0.441 e. The highest BCUT2D eigenvalue weighted by Crippen LogP contribution is 2.53. The summed E-state index contributed by atoms with van der Waals surface area (Å²) in [7, 11) is 0. The zero-order valence-corrected chi connectivity index (χ0v) is 33.9. The molecular weight excluding hydrogens is 785 g/mol. The van der Waals surface area contributed by atoms with Crippen molar-refractivity contribution in [1.82, 2.24) is 0 Å². The van der Waals surface area contributed by atoms with Crippen molar-refractivity contribution in [1.29, 1.82) is 0 Å². The Morgan fingerprint density at radius 3 is 1.00 bits per heavy atom. The summed E-state index contributed by atoms with van der Waals surface area (Å²) in [4.78, 5) is 37.9. The first-order valence-corrected chi connectivity index (χ1v) is 19.2. The van der Waals surface area contributed by atoms with Crippen LogP contribution in [0.25, 0.3) is 0 Å². The molecule has 0 radical (unpaired) electrons. The summed E-state index contributed by atoms with van der Waals surface area (Å²) in [6, 6.07) is 0. The van der Waals surface area contributed by atoms with Gasteiger partial charge in [0.2, 0.25) is 5.12 Å². The molecule has 0 amide bonds. The molecule has 0 saturated carbocycles. The van der Waals surface area contributed by atoms with E-state index in [0.29, 0.717) is 32.8 Å². The van der Waals surface area contributed by atoms with Crippen molar-refractivity contribution in [2.24, 2.45) is 0 Å². The number of ether oxygens (including phenoxy) is 4. The molecule has 8 rings (SSSR count). The maximum absolute atomic E-state index is 11.3. The van der Waals surface area contributed by atoms with E-state index in [2.05, 4.69) is 13.8 Å². The molecule has 0 aromatic rings. The molecule has 7 nitrogen and oxygen atoms in total. The average Bonchev–Trinajstić information content (AvgIpc) is 3.90. The molecule has 0 aliphatic carbocycles. The van der Waals surface area contributed by atoms with Crippen molar-refractivity contribution in [2.75, 3.05) is 0 Å². The van der Waals surface area contributed by atoms with Gasteiger partial charge in [-0.1, -0.05) is 71.9 Å². The molecule has 8 heterocycles. The standard InChI is InChI=1S/C8H6O4.C8H6O2S2.C8H6OS3.C8H6S4/c1-3-5-6(12-7(3)9)4(2)8(10)11-5;1-3-5-6(10-7(3)11)4(2)8(12)9-5;1-3-5-6(11-7(3)9)4(2)8(10)12-5;1-3-5-6(12-7(3)9)4(2)8(10)11-5/h4*1-2H3. The maximum Gasteiger partial charge on any atom is 0.343 e. The minimum absolute atomic E-state index is 0.175. The fourth-order valence-corrected chi connectivity index (χ4v) is 10.6. The number of carbonyl (C=O) groups excluding carboxylic acids is 3. The predicted molar refractivity (Wildman–Crippen MR) is 214 cm³/mol. The van der Waals surface area contributed by atoms with E-state index in [1.807, 2.05) is 27.7 Å². The van der Waals surface area contributed by atoms with Crippen LogP contribution in [-0.4, -0.2) is 39.7 Å². The first kappa shape index (κ1) is 37.2. The van der Waals surface area contributed by atoms with Crippen LogP contribution in [0.2, 0.25) is 0 Å². The van der Waals surface area contributed by atoms with Gasteiger partial charge < -0.3 is 18.9 Å². The van der Waals surface area contributed by atoms with Gasteiger partial charge in [-0.2, -0.15) is 0 Å². The monoisotopic (exact) mass is 808 g/mol. The van der Waals surface area contributed by atoms with Crippen LogP contribution in [0.5, 0.6) is 0 Å². The molecule has 248 valence electrons. The number of hydrogen-bond donors (Lipinski definition) is 0. The zero-order valence-electron chi connectivity index (χ0n) is 26.5. The molecule has 0 bridgehead atoms. The summed E-state index contributed by atoms with van der Waals surface area (Å²) in [5, 5.41) is 1.15. The smallest absolute Gasteiger partial charge is 0.343 e. The summed E-state index contributed by atoms with van der Waals surface area (Å²) in [6.45, 7) is 14.9. The molecule has 0 atom stereocenters. The van der Waals surface area contributed by atoms with Crippen LogP contribution in [0.3, 0.4) is 0 Å². The minimum atomic E-state index is -0.438. The molecule has 8 aliphatic rings. The summed E-state index contributed by atoms with van der Waals surface area (Å²) in [5.41, 5.74) is 6.85. The van der Waals surface area contributed by atoms with E-state index in [0.717, 1.165) is 44.7 Å². The van der Waals surface area contributed by atoms with Crippen molar-refractivity contribution >= 4 is 148 Å². The lowest BCUT2D eigenvalue weighted by atomic mass is 10.2. The highest BCUT2D eigenvalue weighted by Gasteiger charge is 2.39. The van der Waals surface area contributed by atoms with Gasteiger partial charge >= 0.3 is 11.9 Å². The van der Waals surface area contributed by atoms with Gasteiger partial charge in [-0.05, 0) is 108 Å². The van der Waals surface area contributed by atoms with E-state index < -0.39 is 11.9 Å². The third-order valence-electron chi connectivity index (χ3n) is 7.56. The van der Waals surface area contributed by atoms with E-state index in [9.17, 15) is 14.4 Å². The van der Waals surface area contributed by atoms with Crippen LogP contribution in [-0.2, 0) is 33.3 Å². The van der Waals surface area contributed by atoms with Crippen molar-refractivity contribution in [3.05, 3.63) is 87.2 Å². The quantitative estimate of drug-likeness (QED) is 0.172.